The van der Waals surface area contributed by atoms with Crippen LogP contribution in [0.15, 0.2) is 18.2 Å². The van der Waals surface area contributed by atoms with E-state index < -0.39 is 17.7 Å². The molecular weight excluding hydrogens is 272 g/mol. The highest BCUT2D eigenvalue weighted by atomic mass is 19.1. The number of nitrogens with one attached hydrogen (secondary N) is 1. The van der Waals surface area contributed by atoms with E-state index in [4.69, 9.17) is 5.84 Å². The maximum atomic E-state index is 14.2. The fourth-order valence-electron chi connectivity index (χ4n) is 4.23. The van der Waals surface area contributed by atoms with E-state index in [1.807, 2.05) is 0 Å². The van der Waals surface area contributed by atoms with E-state index in [0.717, 1.165) is 51.6 Å². The lowest BCUT2D eigenvalue weighted by atomic mass is 9.82. The molecule has 0 radical (unpaired) electrons. The van der Waals surface area contributed by atoms with Gasteiger partial charge in [0.2, 0.25) is 0 Å². The van der Waals surface area contributed by atoms with Crippen LogP contribution in [0.3, 0.4) is 0 Å². The molecule has 1 atom stereocenters. The van der Waals surface area contributed by atoms with Gasteiger partial charge in [0.1, 0.15) is 11.6 Å². The number of hydrazine groups is 1. The molecule has 116 valence electrons. The molecule has 5 heteroatoms. The van der Waals surface area contributed by atoms with Crippen LogP contribution in [0.25, 0.3) is 0 Å². The van der Waals surface area contributed by atoms with Crippen LogP contribution in [0.1, 0.15) is 50.1 Å². The summed E-state index contributed by atoms with van der Waals surface area (Å²) < 4.78 is 28.5. The van der Waals surface area contributed by atoms with Crippen molar-refractivity contribution in [2.45, 2.75) is 50.1 Å². The number of hydrogen-bond donors (Lipinski definition) is 2. The topological polar surface area (TPSA) is 41.3 Å². The number of rotatable bonds is 4. The molecule has 0 aromatic heterocycles. The number of halogens is 2. The molecule has 3 N–H and O–H groups in total. The maximum absolute atomic E-state index is 14.2. The zero-order chi connectivity index (χ0) is 14.9. The van der Waals surface area contributed by atoms with Gasteiger partial charge in [-0.3, -0.25) is 16.2 Å². The van der Waals surface area contributed by atoms with Crippen LogP contribution in [0, 0.1) is 11.6 Å². The van der Waals surface area contributed by atoms with Gasteiger partial charge in [-0.15, -0.1) is 0 Å². The standard InChI is InChI=1S/C16H23F2N3/c17-12-6-5-7-13(18)14(12)15(20-19)16(8-1-2-9-16)21-10-3-4-11-21/h5-7,15,20H,1-4,8-11,19H2. The smallest absolute Gasteiger partial charge is 0.131 e. The molecule has 1 saturated heterocycles. The first-order valence-corrected chi connectivity index (χ1v) is 7.84. The highest BCUT2D eigenvalue weighted by Crippen LogP contribution is 2.46. The van der Waals surface area contributed by atoms with Crippen LogP contribution in [-0.2, 0) is 0 Å². The molecule has 0 amide bonds. The molecule has 3 rings (SSSR count). The largest absolute Gasteiger partial charge is 0.296 e. The van der Waals surface area contributed by atoms with Crippen molar-refractivity contribution in [1.82, 2.24) is 10.3 Å². The predicted molar refractivity (Wildman–Crippen MR) is 78.4 cm³/mol. The molecule has 1 aromatic carbocycles. The maximum Gasteiger partial charge on any atom is 0.131 e. The van der Waals surface area contributed by atoms with Gasteiger partial charge in [-0.25, -0.2) is 8.78 Å². The Kier molecular flexibility index (Phi) is 4.24. The molecular formula is C16H23F2N3. The zero-order valence-corrected chi connectivity index (χ0v) is 12.2. The third-order valence-electron chi connectivity index (χ3n) is 5.20. The fraction of sp³-hybridized carbons (Fsp3) is 0.625. The summed E-state index contributed by atoms with van der Waals surface area (Å²) in [4.78, 5) is 2.40. The number of hydrogen-bond acceptors (Lipinski definition) is 3. The lowest BCUT2D eigenvalue weighted by Gasteiger charge is -2.45. The molecule has 1 aromatic rings. The van der Waals surface area contributed by atoms with Gasteiger partial charge in [-0.2, -0.15) is 0 Å². The first kappa shape index (κ1) is 14.9. The Morgan fingerprint density at radius 3 is 2.14 bits per heavy atom. The summed E-state index contributed by atoms with van der Waals surface area (Å²) in [6.45, 7) is 1.99. The minimum Gasteiger partial charge on any atom is -0.296 e. The summed E-state index contributed by atoms with van der Waals surface area (Å²) in [7, 11) is 0. The second-order valence-electron chi connectivity index (χ2n) is 6.24. The van der Waals surface area contributed by atoms with Crippen molar-refractivity contribution >= 4 is 0 Å². The lowest BCUT2D eigenvalue weighted by Crippen LogP contribution is -2.56. The Hall–Kier alpha value is -1.04. The number of nitrogens with zero attached hydrogens (tertiary/aromatic N) is 1. The normalized spacial score (nSPS) is 23.6. The van der Waals surface area contributed by atoms with Gasteiger partial charge in [0.25, 0.3) is 0 Å². The van der Waals surface area contributed by atoms with Crippen LogP contribution in [0.5, 0.6) is 0 Å². The van der Waals surface area contributed by atoms with Gasteiger partial charge in [-0.1, -0.05) is 18.9 Å². The Bertz CT molecular complexity index is 474. The predicted octanol–water partition coefficient (Wildman–Crippen LogP) is 2.88. The summed E-state index contributed by atoms with van der Waals surface area (Å²) in [5.41, 5.74) is 2.57. The van der Waals surface area contributed by atoms with Crippen molar-refractivity contribution in [3.8, 4) is 0 Å². The molecule has 3 nitrogen and oxygen atoms in total. The number of nitrogens with two attached hydrogens (primary N) is 1. The minimum atomic E-state index is -0.511. The van der Waals surface area contributed by atoms with E-state index in [1.165, 1.54) is 18.2 Å². The molecule has 2 aliphatic rings. The van der Waals surface area contributed by atoms with Crippen molar-refractivity contribution in [3.63, 3.8) is 0 Å². The van der Waals surface area contributed by atoms with Crippen molar-refractivity contribution in [2.24, 2.45) is 5.84 Å². The fourth-order valence-corrected chi connectivity index (χ4v) is 4.23. The summed E-state index contributed by atoms with van der Waals surface area (Å²) in [5.74, 6) is 4.74. The van der Waals surface area contributed by atoms with E-state index in [2.05, 4.69) is 10.3 Å². The molecule has 2 fully saturated rings. The van der Waals surface area contributed by atoms with Crippen LogP contribution in [0.2, 0.25) is 0 Å². The third-order valence-corrected chi connectivity index (χ3v) is 5.20. The second kappa shape index (κ2) is 5.99. The van der Waals surface area contributed by atoms with E-state index in [-0.39, 0.29) is 11.1 Å². The Labute approximate surface area is 124 Å². The number of benzene rings is 1. The van der Waals surface area contributed by atoms with E-state index >= 15 is 0 Å². The van der Waals surface area contributed by atoms with Crippen molar-refractivity contribution in [2.75, 3.05) is 13.1 Å². The Balaban J connectivity index is 2.03. The van der Waals surface area contributed by atoms with Gasteiger partial charge < -0.3 is 0 Å². The van der Waals surface area contributed by atoms with Gasteiger partial charge >= 0.3 is 0 Å². The molecule has 0 spiro atoms. The third kappa shape index (κ3) is 2.47. The van der Waals surface area contributed by atoms with E-state index in [9.17, 15) is 8.78 Å². The average molecular weight is 295 g/mol. The summed E-state index contributed by atoms with van der Waals surface area (Å²) in [6, 6.07) is 3.53. The Morgan fingerprint density at radius 1 is 1.05 bits per heavy atom. The first-order chi connectivity index (χ1) is 10.2. The molecule has 1 unspecified atom stereocenters. The molecule has 1 aliphatic carbocycles. The molecule has 1 heterocycles. The second-order valence-corrected chi connectivity index (χ2v) is 6.24. The van der Waals surface area contributed by atoms with Crippen molar-refractivity contribution in [1.29, 1.82) is 0 Å². The lowest BCUT2D eigenvalue weighted by molar-refractivity contribution is 0.0733. The monoisotopic (exact) mass is 295 g/mol. The first-order valence-electron chi connectivity index (χ1n) is 7.84. The minimum absolute atomic E-state index is 0.0915. The SMILES string of the molecule is NNC(c1c(F)cccc1F)C1(N2CCCC2)CCCC1. The van der Waals surface area contributed by atoms with Gasteiger partial charge in [0, 0.05) is 11.1 Å². The van der Waals surface area contributed by atoms with E-state index in [1.54, 1.807) is 0 Å². The molecule has 0 bridgehead atoms. The van der Waals surface area contributed by atoms with E-state index in [0.29, 0.717) is 0 Å². The summed E-state index contributed by atoms with van der Waals surface area (Å²) in [5, 5.41) is 0. The van der Waals surface area contributed by atoms with Gasteiger partial charge in [-0.05, 0) is 50.9 Å². The van der Waals surface area contributed by atoms with Crippen molar-refractivity contribution in [3.05, 3.63) is 35.4 Å². The summed E-state index contributed by atoms with van der Waals surface area (Å²) >= 11 is 0. The highest BCUT2D eigenvalue weighted by Gasteiger charge is 2.48. The van der Waals surface area contributed by atoms with Crippen molar-refractivity contribution < 1.29 is 8.78 Å². The quantitative estimate of drug-likeness (QED) is 0.663. The van der Waals surface area contributed by atoms with Crippen LogP contribution >= 0.6 is 0 Å². The number of likely N-dealkylation sites (tertiary alicyclic amines) is 1. The van der Waals surface area contributed by atoms with Crippen LogP contribution < -0.4 is 11.3 Å². The molecule has 21 heavy (non-hydrogen) atoms. The summed E-state index contributed by atoms with van der Waals surface area (Å²) in [6.07, 6.45) is 6.36. The van der Waals surface area contributed by atoms with Gasteiger partial charge in [0.05, 0.1) is 6.04 Å². The Morgan fingerprint density at radius 2 is 1.62 bits per heavy atom. The zero-order valence-electron chi connectivity index (χ0n) is 12.2. The molecule has 1 aliphatic heterocycles. The van der Waals surface area contributed by atoms with Gasteiger partial charge in [0.15, 0.2) is 0 Å². The molecule has 1 saturated carbocycles. The average Bonchev–Trinajstić information content (AvgIpc) is 3.14. The van der Waals surface area contributed by atoms with Crippen LogP contribution in [-0.4, -0.2) is 23.5 Å². The van der Waals surface area contributed by atoms with Crippen LogP contribution in [0.4, 0.5) is 8.78 Å². The highest BCUT2D eigenvalue weighted by molar-refractivity contribution is 5.28.